The molecular formula is C22H19N3O2. The zero-order valence-corrected chi connectivity index (χ0v) is 14.7. The molecule has 0 aliphatic rings. The third-order valence-electron chi connectivity index (χ3n) is 4.07. The van der Waals surface area contributed by atoms with Crippen LogP contribution in [0.2, 0.25) is 0 Å². The number of aldehydes is 1. The van der Waals surface area contributed by atoms with Crippen LogP contribution in [0.4, 0.5) is 0 Å². The summed E-state index contributed by atoms with van der Waals surface area (Å²) >= 11 is 0. The Hall–Kier alpha value is -3.60. The zero-order chi connectivity index (χ0) is 18.9. The molecule has 0 aliphatic carbocycles. The van der Waals surface area contributed by atoms with Gasteiger partial charge in [-0.2, -0.15) is 0 Å². The lowest BCUT2D eigenvalue weighted by atomic mass is 9.96. The van der Waals surface area contributed by atoms with Gasteiger partial charge in [0.15, 0.2) is 0 Å². The topological polar surface area (TPSA) is 72.0 Å². The van der Waals surface area contributed by atoms with E-state index in [-0.39, 0.29) is 5.91 Å². The maximum absolute atomic E-state index is 12.6. The van der Waals surface area contributed by atoms with Crippen LogP contribution in [0.25, 0.3) is 6.08 Å². The van der Waals surface area contributed by atoms with Gasteiger partial charge in [-0.1, -0.05) is 30.3 Å². The van der Waals surface area contributed by atoms with E-state index in [1.807, 2.05) is 42.5 Å². The van der Waals surface area contributed by atoms with Crippen molar-refractivity contribution < 1.29 is 9.59 Å². The van der Waals surface area contributed by atoms with Gasteiger partial charge >= 0.3 is 0 Å². The summed E-state index contributed by atoms with van der Waals surface area (Å²) in [4.78, 5) is 32.4. The zero-order valence-electron chi connectivity index (χ0n) is 14.7. The molecule has 5 heteroatoms. The van der Waals surface area contributed by atoms with E-state index >= 15 is 0 Å². The van der Waals surface area contributed by atoms with Crippen molar-refractivity contribution in [1.82, 2.24) is 15.3 Å². The van der Waals surface area contributed by atoms with E-state index < -0.39 is 5.92 Å². The average molecular weight is 357 g/mol. The van der Waals surface area contributed by atoms with Crippen molar-refractivity contribution in [3.05, 3.63) is 102 Å². The molecule has 3 aromatic rings. The van der Waals surface area contributed by atoms with E-state index in [1.54, 1.807) is 36.8 Å². The molecule has 5 nitrogen and oxygen atoms in total. The highest BCUT2D eigenvalue weighted by atomic mass is 16.1. The molecule has 0 aliphatic heterocycles. The Bertz CT molecular complexity index is 910. The van der Waals surface area contributed by atoms with E-state index in [0.717, 1.165) is 17.4 Å². The Labute approximate surface area is 157 Å². The molecule has 2 heterocycles. The van der Waals surface area contributed by atoms with Gasteiger partial charge in [0, 0.05) is 30.5 Å². The minimum atomic E-state index is -0.485. The summed E-state index contributed by atoms with van der Waals surface area (Å²) in [7, 11) is 0. The monoisotopic (exact) mass is 357 g/mol. The Morgan fingerprint density at radius 1 is 0.963 bits per heavy atom. The summed E-state index contributed by atoms with van der Waals surface area (Å²) in [5.41, 5.74) is 2.84. The van der Waals surface area contributed by atoms with Gasteiger partial charge in [0.25, 0.3) is 5.91 Å². The van der Waals surface area contributed by atoms with Crippen molar-refractivity contribution in [3.63, 3.8) is 0 Å². The lowest BCUT2D eigenvalue weighted by Crippen LogP contribution is -2.29. The van der Waals surface area contributed by atoms with Crippen LogP contribution >= 0.6 is 0 Å². The molecule has 1 N–H and O–H groups in total. The van der Waals surface area contributed by atoms with E-state index in [9.17, 15) is 9.59 Å². The minimum Gasteiger partial charge on any atom is -0.325 e. The minimum absolute atomic E-state index is 0.302. The quantitative estimate of drug-likeness (QED) is 0.659. The van der Waals surface area contributed by atoms with Gasteiger partial charge in [-0.15, -0.1) is 0 Å². The molecule has 3 rings (SSSR count). The number of carbonyl (C=O) groups excluding carboxylic acids is 2. The van der Waals surface area contributed by atoms with Gasteiger partial charge in [0.1, 0.15) is 6.29 Å². The maximum atomic E-state index is 12.6. The molecule has 0 saturated heterocycles. The van der Waals surface area contributed by atoms with Crippen LogP contribution in [0.3, 0.4) is 0 Å². The number of allylic oxidation sites excluding steroid dienone is 1. The molecule has 1 amide bonds. The van der Waals surface area contributed by atoms with Gasteiger partial charge in [-0.25, -0.2) is 0 Å². The van der Waals surface area contributed by atoms with Gasteiger partial charge in [0.2, 0.25) is 0 Å². The standard InChI is InChI=1S/C22H19N3O2/c26-16-20(13-17-5-2-1-3-6-17)21(14-18-8-11-23-12-9-18)25-22(27)19-7-4-10-24-15-19/h1-12,14-16,20H,13H2,(H,25,27)/b21-14-/t20-/m1/s1. The number of aromatic nitrogens is 2. The average Bonchev–Trinajstić information content (AvgIpc) is 2.73. The molecular weight excluding hydrogens is 338 g/mol. The summed E-state index contributed by atoms with van der Waals surface area (Å²) in [5.74, 6) is -0.787. The maximum Gasteiger partial charge on any atom is 0.256 e. The largest absolute Gasteiger partial charge is 0.325 e. The lowest BCUT2D eigenvalue weighted by Gasteiger charge is -2.17. The second kappa shape index (κ2) is 9.20. The normalized spacial score (nSPS) is 12.2. The highest BCUT2D eigenvalue weighted by molar-refractivity contribution is 5.96. The van der Waals surface area contributed by atoms with Crippen LogP contribution < -0.4 is 5.32 Å². The van der Waals surface area contributed by atoms with Crippen molar-refractivity contribution in [2.45, 2.75) is 6.42 Å². The Balaban J connectivity index is 1.90. The van der Waals surface area contributed by atoms with Crippen LogP contribution in [0.1, 0.15) is 21.5 Å². The number of hydrogen-bond acceptors (Lipinski definition) is 4. The van der Waals surface area contributed by atoms with Crippen LogP contribution in [0, 0.1) is 5.92 Å². The van der Waals surface area contributed by atoms with E-state index in [4.69, 9.17) is 0 Å². The van der Waals surface area contributed by atoms with Gasteiger partial charge < -0.3 is 10.1 Å². The first kappa shape index (κ1) is 18.2. The number of rotatable bonds is 7. The molecule has 0 radical (unpaired) electrons. The third kappa shape index (κ3) is 5.19. The molecule has 0 bridgehead atoms. The number of hydrogen-bond donors (Lipinski definition) is 1. The van der Waals surface area contributed by atoms with Gasteiger partial charge in [-0.3, -0.25) is 14.8 Å². The van der Waals surface area contributed by atoms with Crippen molar-refractivity contribution in [1.29, 1.82) is 0 Å². The molecule has 1 atom stereocenters. The number of pyridine rings is 2. The molecule has 0 saturated carbocycles. The van der Waals surface area contributed by atoms with E-state index in [0.29, 0.717) is 17.7 Å². The fourth-order valence-electron chi connectivity index (χ4n) is 2.67. The Morgan fingerprint density at radius 2 is 1.74 bits per heavy atom. The highest BCUT2D eigenvalue weighted by Gasteiger charge is 2.18. The summed E-state index contributed by atoms with van der Waals surface area (Å²) in [6, 6.07) is 16.7. The van der Waals surface area contributed by atoms with Crippen molar-refractivity contribution in [2.75, 3.05) is 0 Å². The summed E-state index contributed by atoms with van der Waals surface area (Å²) in [6.07, 6.45) is 9.59. The Kier molecular flexibility index (Phi) is 6.20. The first-order valence-electron chi connectivity index (χ1n) is 8.58. The van der Waals surface area contributed by atoms with Crippen LogP contribution in [0.5, 0.6) is 0 Å². The van der Waals surface area contributed by atoms with Crippen LogP contribution in [-0.4, -0.2) is 22.2 Å². The molecule has 134 valence electrons. The number of nitrogens with one attached hydrogen (secondary N) is 1. The second-order valence-corrected chi connectivity index (χ2v) is 6.01. The summed E-state index contributed by atoms with van der Waals surface area (Å²) in [5, 5.41) is 2.88. The number of benzene rings is 1. The molecule has 27 heavy (non-hydrogen) atoms. The number of nitrogens with zero attached hydrogens (tertiary/aromatic N) is 2. The predicted molar refractivity (Wildman–Crippen MR) is 104 cm³/mol. The SMILES string of the molecule is O=C[C@@H](Cc1ccccc1)/C(=C/c1ccncc1)NC(=O)c1cccnc1. The van der Waals surface area contributed by atoms with Crippen molar-refractivity contribution in [2.24, 2.45) is 5.92 Å². The molecule has 1 aromatic carbocycles. The summed E-state index contributed by atoms with van der Waals surface area (Å²) in [6.45, 7) is 0. The van der Waals surface area contributed by atoms with Crippen molar-refractivity contribution >= 4 is 18.3 Å². The number of amides is 1. The first-order chi connectivity index (χ1) is 13.3. The third-order valence-corrected chi connectivity index (χ3v) is 4.07. The molecule has 2 aromatic heterocycles. The highest BCUT2D eigenvalue weighted by Crippen LogP contribution is 2.17. The summed E-state index contributed by atoms with van der Waals surface area (Å²) < 4.78 is 0. The molecule has 0 spiro atoms. The van der Waals surface area contributed by atoms with E-state index in [1.165, 1.54) is 6.20 Å². The molecule has 0 fully saturated rings. The fourth-order valence-corrected chi connectivity index (χ4v) is 2.67. The van der Waals surface area contributed by atoms with Gasteiger partial charge in [0.05, 0.1) is 11.5 Å². The van der Waals surface area contributed by atoms with Crippen LogP contribution in [-0.2, 0) is 11.2 Å². The fraction of sp³-hybridized carbons (Fsp3) is 0.0909. The smallest absolute Gasteiger partial charge is 0.256 e. The van der Waals surface area contributed by atoms with Crippen molar-refractivity contribution in [3.8, 4) is 0 Å². The number of carbonyl (C=O) groups is 2. The second-order valence-electron chi connectivity index (χ2n) is 6.01. The van der Waals surface area contributed by atoms with E-state index in [2.05, 4.69) is 15.3 Å². The molecule has 0 unspecified atom stereocenters. The predicted octanol–water partition coefficient (Wildman–Crippen LogP) is 3.31. The Morgan fingerprint density at radius 3 is 2.41 bits per heavy atom. The van der Waals surface area contributed by atoms with Crippen LogP contribution in [0.15, 0.2) is 85.1 Å². The lowest BCUT2D eigenvalue weighted by molar-refractivity contribution is -0.110. The van der Waals surface area contributed by atoms with Gasteiger partial charge in [-0.05, 0) is 47.9 Å². The first-order valence-corrected chi connectivity index (χ1v) is 8.58.